The van der Waals surface area contributed by atoms with E-state index < -0.39 is 30.0 Å². The smallest absolute Gasteiger partial charge is 0.444 e. The summed E-state index contributed by atoms with van der Waals surface area (Å²) in [7, 11) is -0.570. The Morgan fingerprint density at radius 2 is 1.67 bits per heavy atom. The molecule has 1 fully saturated rings. The van der Waals surface area contributed by atoms with Gasteiger partial charge in [0.15, 0.2) is 0 Å². The summed E-state index contributed by atoms with van der Waals surface area (Å²) < 4.78 is 20.5. The lowest BCUT2D eigenvalue weighted by Crippen LogP contribution is -2.41. The molecule has 0 unspecified atom stereocenters. The second kappa shape index (κ2) is 8.46. The Morgan fingerprint density at radius 3 is 2.33 bits per heavy atom. The largest absolute Gasteiger partial charge is 0.492 e. The Bertz CT molecular complexity index is 1210. The van der Waals surface area contributed by atoms with Crippen LogP contribution in [-0.4, -0.2) is 36.6 Å². The average molecular weight is 465 g/mol. The van der Waals surface area contributed by atoms with Crippen LogP contribution in [0.25, 0.3) is 26.2 Å². The van der Waals surface area contributed by atoms with Gasteiger partial charge in [-0.15, -0.1) is 11.3 Å². The van der Waals surface area contributed by atoms with E-state index in [9.17, 15) is 4.79 Å². The van der Waals surface area contributed by atoms with Crippen molar-refractivity contribution in [3.63, 3.8) is 0 Å². The summed E-state index contributed by atoms with van der Waals surface area (Å²) in [4.78, 5) is 12.3. The van der Waals surface area contributed by atoms with Gasteiger partial charge in [-0.1, -0.05) is 30.3 Å². The first-order chi connectivity index (χ1) is 15.3. The van der Waals surface area contributed by atoms with Gasteiger partial charge in [-0.3, -0.25) is 0 Å². The van der Waals surface area contributed by atoms with Crippen molar-refractivity contribution in [3.8, 4) is 0 Å². The highest BCUT2D eigenvalue weighted by Gasteiger charge is 2.52. The number of hydrogen-bond acceptors (Lipinski definition) is 5. The summed E-state index contributed by atoms with van der Waals surface area (Å²) >= 11 is 1.79. The Hall–Kier alpha value is -2.35. The van der Waals surface area contributed by atoms with Gasteiger partial charge in [-0.25, -0.2) is 4.79 Å². The number of nitrogens with one attached hydrogen (secondary N) is 1. The lowest BCUT2D eigenvalue weighted by Gasteiger charge is -2.32. The molecule has 2 aromatic carbocycles. The molecule has 1 aliphatic rings. The SMILES string of the molecule is CC(C)(C)OC(=O)NCC(=Cc1ccc2sc3ccccc3c2c1)B1OC(C)(C)C(C)(C)O1. The molecule has 0 aliphatic carbocycles. The first kappa shape index (κ1) is 23.8. The highest BCUT2D eigenvalue weighted by Crippen LogP contribution is 2.39. The number of thiophene rings is 1. The number of hydrogen-bond donors (Lipinski definition) is 1. The van der Waals surface area contributed by atoms with Crippen molar-refractivity contribution in [2.24, 2.45) is 0 Å². The maximum atomic E-state index is 12.3. The van der Waals surface area contributed by atoms with E-state index in [-0.39, 0.29) is 6.54 Å². The molecule has 0 radical (unpaired) electrons. The predicted octanol–water partition coefficient (Wildman–Crippen LogP) is 6.59. The van der Waals surface area contributed by atoms with Gasteiger partial charge in [0.2, 0.25) is 0 Å². The Kier molecular flexibility index (Phi) is 6.10. The zero-order valence-electron chi connectivity index (χ0n) is 20.4. The van der Waals surface area contributed by atoms with Gasteiger partial charge in [0, 0.05) is 26.7 Å². The van der Waals surface area contributed by atoms with Crippen molar-refractivity contribution >= 4 is 50.8 Å². The highest BCUT2D eigenvalue weighted by molar-refractivity contribution is 7.25. The van der Waals surface area contributed by atoms with E-state index in [2.05, 4.69) is 47.8 Å². The molecule has 1 aromatic heterocycles. The number of alkyl carbamates (subject to hydrolysis) is 1. The molecule has 1 aliphatic heterocycles. The van der Waals surface area contributed by atoms with Crippen LogP contribution in [0.15, 0.2) is 47.9 Å². The fourth-order valence-corrected chi connectivity index (χ4v) is 4.82. The normalized spacial score (nSPS) is 18.2. The van der Waals surface area contributed by atoms with E-state index in [1.807, 2.05) is 54.5 Å². The molecule has 1 N–H and O–H groups in total. The number of rotatable bonds is 4. The van der Waals surface area contributed by atoms with Crippen LogP contribution in [0, 0.1) is 0 Å². The average Bonchev–Trinajstić information content (AvgIpc) is 3.17. The number of fused-ring (bicyclic) bond motifs is 3. The predicted molar refractivity (Wildman–Crippen MR) is 138 cm³/mol. The maximum Gasteiger partial charge on any atom is 0.492 e. The lowest BCUT2D eigenvalue weighted by atomic mass is 9.77. The van der Waals surface area contributed by atoms with Crippen LogP contribution >= 0.6 is 11.3 Å². The van der Waals surface area contributed by atoms with Crippen LogP contribution in [0.3, 0.4) is 0 Å². The van der Waals surface area contributed by atoms with Crippen molar-refractivity contribution < 1.29 is 18.8 Å². The van der Waals surface area contributed by atoms with Crippen LogP contribution in [0.2, 0.25) is 0 Å². The van der Waals surface area contributed by atoms with Crippen molar-refractivity contribution in [3.05, 3.63) is 53.5 Å². The molecule has 7 heteroatoms. The van der Waals surface area contributed by atoms with E-state index in [0.29, 0.717) is 0 Å². The molecule has 4 rings (SSSR count). The third-order valence-electron chi connectivity index (χ3n) is 6.14. The van der Waals surface area contributed by atoms with E-state index >= 15 is 0 Å². The molecule has 2 heterocycles. The lowest BCUT2D eigenvalue weighted by molar-refractivity contribution is 0.00578. The monoisotopic (exact) mass is 465 g/mol. The maximum absolute atomic E-state index is 12.3. The summed E-state index contributed by atoms with van der Waals surface area (Å²) in [5.41, 5.74) is 0.343. The molecule has 0 atom stereocenters. The molecular weight excluding hydrogens is 433 g/mol. The van der Waals surface area contributed by atoms with Crippen LogP contribution < -0.4 is 5.32 Å². The van der Waals surface area contributed by atoms with Crippen molar-refractivity contribution in [2.75, 3.05) is 6.54 Å². The minimum Gasteiger partial charge on any atom is -0.444 e. The number of amides is 1. The molecule has 33 heavy (non-hydrogen) atoms. The first-order valence-electron chi connectivity index (χ1n) is 11.3. The van der Waals surface area contributed by atoms with Crippen molar-refractivity contribution in [2.45, 2.75) is 65.3 Å². The summed E-state index contributed by atoms with van der Waals surface area (Å²) in [6.45, 7) is 13.9. The molecule has 5 nitrogen and oxygen atoms in total. The Balaban J connectivity index is 1.67. The fraction of sp³-hybridized carbons (Fsp3) is 0.423. The second-order valence-corrected chi connectivity index (χ2v) is 11.6. The molecular formula is C26H32BNO4S. The summed E-state index contributed by atoms with van der Waals surface area (Å²) in [5.74, 6) is 0. The van der Waals surface area contributed by atoms with Crippen molar-refractivity contribution in [1.29, 1.82) is 0 Å². The molecule has 0 saturated carbocycles. The quantitative estimate of drug-likeness (QED) is 0.442. The van der Waals surface area contributed by atoms with Crippen LogP contribution in [0.1, 0.15) is 54.0 Å². The van der Waals surface area contributed by atoms with Crippen molar-refractivity contribution in [1.82, 2.24) is 5.32 Å². The number of carbonyl (C=O) groups is 1. The molecule has 0 spiro atoms. The van der Waals surface area contributed by atoms with Gasteiger partial charge in [0.25, 0.3) is 0 Å². The van der Waals surface area contributed by atoms with Gasteiger partial charge in [0.05, 0.1) is 11.2 Å². The van der Waals surface area contributed by atoms with Gasteiger partial charge in [0.1, 0.15) is 5.60 Å². The zero-order valence-corrected chi connectivity index (χ0v) is 21.3. The standard InChI is InChI=1S/C26H32BNO4S/c1-24(2,3)30-23(29)28-16-18(27-31-25(4,5)26(6,7)32-27)14-17-12-13-22-20(15-17)19-10-8-9-11-21(19)33-22/h8-15H,16H2,1-7H3,(H,28,29). The third kappa shape index (κ3) is 5.10. The summed E-state index contributed by atoms with van der Waals surface area (Å²) in [6.07, 6.45) is 1.58. The first-order valence-corrected chi connectivity index (χ1v) is 12.1. The zero-order chi connectivity index (χ0) is 24.0. The highest BCUT2D eigenvalue weighted by atomic mass is 32.1. The molecule has 1 saturated heterocycles. The molecule has 3 aromatic rings. The van der Waals surface area contributed by atoms with E-state index in [4.69, 9.17) is 14.0 Å². The summed E-state index contributed by atoms with van der Waals surface area (Å²) in [5, 5.41) is 5.33. The number of ether oxygens (including phenoxy) is 1. The van der Waals surface area contributed by atoms with Gasteiger partial charge in [-0.2, -0.15) is 0 Å². The number of carbonyl (C=O) groups excluding carboxylic acids is 1. The van der Waals surface area contributed by atoms with E-state index in [1.54, 1.807) is 11.3 Å². The molecule has 174 valence electrons. The van der Waals surface area contributed by atoms with Crippen LogP contribution in [0.4, 0.5) is 4.79 Å². The topological polar surface area (TPSA) is 56.8 Å². The third-order valence-corrected chi connectivity index (χ3v) is 7.30. The van der Waals surface area contributed by atoms with E-state index in [0.717, 1.165) is 11.0 Å². The van der Waals surface area contributed by atoms with Crippen LogP contribution in [-0.2, 0) is 14.0 Å². The van der Waals surface area contributed by atoms with Gasteiger partial charge >= 0.3 is 13.2 Å². The molecule has 1 amide bonds. The van der Waals surface area contributed by atoms with Crippen LogP contribution in [0.5, 0.6) is 0 Å². The Morgan fingerprint density at radius 1 is 1.03 bits per heavy atom. The summed E-state index contributed by atoms with van der Waals surface area (Å²) in [6, 6.07) is 14.9. The Labute approximate surface area is 200 Å². The minimum atomic E-state index is -0.570. The van der Waals surface area contributed by atoms with E-state index in [1.165, 1.54) is 20.2 Å². The fourth-order valence-electron chi connectivity index (χ4n) is 3.73. The minimum absolute atomic E-state index is 0.258. The van der Waals surface area contributed by atoms with Gasteiger partial charge < -0.3 is 19.4 Å². The second-order valence-electron chi connectivity index (χ2n) is 10.5. The number of benzene rings is 2. The molecule has 0 bridgehead atoms. The van der Waals surface area contributed by atoms with Gasteiger partial charge in [-0.05, 0) is 77.7 Å².